The van der Waals surface area contributed by atoms with Crippen molar-refractivity contribution in [1.82, 2.24) is 5.32 Å². The molecule has 0 aromatic carbocycles. The van der Waals surface area contributed by atoms with E-state index in [1.54, 1.807) is 0 Å². The fraction of sp³-hybridized carbons (Fsp3) is 1.00. The van der Waals surface area contributed by atoms with Crippen molar-refractivity contribution in [2.24, 2.45) is 52.3 Å². The molecule has 0 radical (unpaired) electrons. The van der Waals surface area contributed by atoms with Crippen molar-refractivity contribution in [3.63, 3.8) is 0 Å². The molecule has 10 aliphatic rings. The SMILES string of the molecule is C[C@H]1CC[C@]2(NC1)O[C@H]1C[C@H]3[C@@H]4CC[C@H]5C[C@@H](O[C@H]6O[C@@H](CO)[C@H](O[C@@H]7O[C@@H](CO)[C@@H](O)[C@H](O[C@H]8OC[C@H](O)[C@@H](O)[C@H]8O)[C@@H]7O[C@@H]7O[C@H](CO)[C@@H](O)[C@H](O)[C@H]7O)[C@@H](O)[C@H]6O)CC[C@]5(C)[C@H]4CC[C@]3(C)[C@H]1[C@@H]2C. The molecule has 1 spiro atoms. The molecule has 10 rings (SSSR count). The number of aliphatic hydroxyl groups is 12. The van der Waals surface area contributed by atoms with Crippen molar-refractivity contribution >= 4 is 0 Å². The first kappa shape index (κ1) is 54.5. The molecule has 0 aromatic rings. The van der Waals surface area contributed by atoms with E-state index in [1.165, 1.54) is 19.3 Å². The Hall–Kier alpha value is -0.880. The fourth-order valence-corrected chi connectivity index (χ4v) is 16.1. The molecule has 4 saturated carbocycles. The lowest BCUT2D eigenvalue weighted by Crippen LogP contribution is -2.68. The first-order chi connectivity index (χ1) is 34.3. The topological polar surface area (TPSA) is 338 Å². The molecule has 13 N–H and O–H groups in total. The maximum absolute atomic E-state index is 11.8. The summed E-state index contributed by atoms with van der Waals surface area (Å²) in [5.74, 6) is 3.87. The molecule has 0 amide bonds. The summed E-state index contributed by atoms with van der Waals surface area (Å²) in [6.45, 7) is 7.84. The first-order valence-corrected chi connectivity index (χ1v) is 26.8. The Labute approximate surface area is 420 Å². The monoisotopic (exact) mass is 1030 g/mol. The highest BCUT2D eigenvalue weighted by Crippen LogP contribution is 2.71. The molecule has 6 heterocycles. The summed E-state index contributed by atoms with van der Waals surface area (Å²) in [5.41, 5.74) is 0.147. The number of nitrogens with one attached hydrogen (secondary N) is 1. The summed E-state index contributed by atoms with van der Waals surface area (Å²) in [4.78, 5) is 0. The maximum atomic E-state index is 11.8. The number of piperidine rings is 1. The Kier molecular flexibility index (Phi) is 15.9. The van der Waals surface area contributed by atoms with Crippen LogP contribution in [0.25, 0.3) is 0 Å². The third-order valence-electron chi connectivity index (χ3n) is 20.2. The Bertz CT molecular complexity index is 1830. The van der Waals surface area contributed by atoms with E-state index in [1.807, 2.05) is 0 Å². The number of fused-ring (bicyclic) bond motifs is 7. The van der Waals surface area contributed by atoms with Gasteiger partial charge < -0.3 is 104 Å². The average molecular weight is 1030 g/mol. The second-order valence-corrected chi connectivity index (χ2v) is 24.0. The van der Waals surface area contributed by atoms with Crippen LogP contribution in [0.2, 0.25) is 0 Å². The molecule has 0 bridgehead atoms. The number of hydrogen-bond acceptors (Lipinski definition) is 22. The van der Waals surface area contributed by atoms with Gasteiger partial charge in [-0.2, -0.15) is 0 Å². The molecule has 0 unspecified atom stereocenters. The largest absolute Gasteiger partial charge is 0.394 e. The number of rotatable bonds is 11. The van der Waals surface area contributed by atoms with Gasteiger partial charge in [0.2, 0.25) is 0 Å². The van der Waals surface area contributed by atoms with Crippen LogP contribution in [0.4, 0.5) is 0 Å². The minimum atomic E-state index is -1.99. The summed E-state index contributed by atoms with van der Waals surface area (Å²) in [5, 5.41) is 133. The Morgan fingerprint density at radius 3 is 1.88 bits per heavy atom. The molecule has 72 heavy (non-hydrogen) atoms. The third-order valence-corrected chi connectivity index (χ3v) is 20.2. The molecule has 4 aliphatic carbocycles. The average Bonchev–Trinajstić information content (AvgIpc) is 3.82. The van der Waals surface area contributed by atoms with Crippen molar-refractivity contribution in [2.75, 3.05) is 33.0 Å². The van der Waals surface area contributed by atoms with E-state index in [4.69, 9.17) is 42.6 Å². The number of aliphatic hydroxyl groups excluding tert-OH is 12. The van der Waals surface area contributed by atoms with Crippen LogP contribution in [0.3, 0.4) is 0 Å². The van der Waals surface area contributed by atoms with E-state index in [-0.39, 0.29) is 28.8 Å². The van der Waals surface area contributed by atoms with Crippen molar-refractivity contribution < 1.29 is 104 Å². The van der Waals surface area contributed by atoms with Crippen molar-refractivity contribution in [1.29, 1.82) is 0 Å². The summed E-state index contributed by atoms with van der Waals surface area (Å²) in [6.07, 6.45) is -22.4. The van der Waals surface area contributed by atoms with Crippen LogP contribution in [0.1, 0.15) is 91.9 Å². The number of hydrogen-bond donors (Lipinski definition) is 13. The zero-order valence-electron chi connectivity index (χ0n) is 41.8. The van der Waals surface area contributed by atoms with Crippen LogP contribution in [0.15, 0.2) is 0 Å². The highest BCUT2D eigenvalue weighted by molar-refractivity contribution is 5.16. The highest BCUT2D eigenvalue weighted by atomic mass is 16.8. The lowest BCUT2D eigenvalue weighted by molar-refractivity contribution is -0.404. The molecule has 6 saturated heterocycles. The van der Waals surface area contributed by atoms with Crippen LogP contribution in [0.5, 0.6) is 0 Å². The number of ether oxygens (including phenoxy) is 9. The van der Waals surface area contributed by atoms with Gasteiger partial charge in [-0.15, -0.1) is 0 Å². The van der Waals surface area contributed by atoms with Gasteiger partial charge in [-0.1, -0.05) is 27.7 Å². The van der Waals surface area contributed by atoms with Gasteiger partial charge in [0, 0.05) is 12.5 Å². The second kappa shape index (κ2) is 21.1. The van der Waals surface area contributed by atoms with Crippen LogP contribution in [0, 0.1) is 52.3 Å². The predicted octanol–water partition coefficient (Wildman–Crippen LogP) is -2.70. The smallest absolute Gasteiger partial charge is 0.187 e. The summed E-state index contributed by atoms with van der Waals surface area (Å²) < 4.78 is 55.0. The van der Waals surface area contributed by atoms with E-state index >= 15 is 0 Å². The van der Waals surface area contributed by atoms with Gasteiger partial charge >= 0.3 is 0 Å². The molecule has 6 aliphatic heterocycles. The van der Waals surface area contributed by atoms with E-state index in [0.717, 1.165) is 45.1 Å². The van der Waals surface area contributed by atoms with Crippen LogP contribution in [-0.2, 0) is 42.6 Å². The van der Waals surface area contributed by atoms with Crippen molar-refractivity contribution in [2.45, 2.75) is 227 Å². The lowest BCUT2D eigenvalue weighted by atomic mass is 9.44. The zero-order valence-corrected chi connectivity index (χ0v) is 41.8. The summed E-state index contributed by atoms with van der Waals surface area (Å²) >= 11 is 0. The fourth-order valence-electron chi connectivity index (χ4n) is 16.1. The second-order valence-electron chi connectivity index (χ2n) is 24.0. The van der Waals surface area contributed by atoms with Gasteiger partial charge in [0.15, 0.2) is 25.2 Å². The normalized spacial score (nSPS) is 57.8. The standard InChI is InChI=1S/C50H83NO21/c1-20-7-12-50(51-15-20)21(2)32-28(72-50)14-26-24-6-5-22-13-23(8-10-48(22,3)25(24)9-11-49(26,32)4)65-45-40(63)37(60)41(31(18-54)68-45)69-47-43(71-46-39(62)36(59)34(57)29(16-52)66-46)42(35(58)30(17-53)67-47)70-44-38(61)33(56)27(55)19-64-44/h20-47,51-63H,5-19H2,1-4H3/t20-,21-,22-,23-,24+,25-,26-,27-,28-,29+,30-,31-,32-,33+,34+,35+,36-,37-,38+,39+,40+,41-,42-,43-,44+,45-,46-,47-,48-,49-,50-/m0/s1. The van der Waals surface area contributed by atoms with Gasteiger partial charge in [0.05, 0.1) is 38.6 Å². The van der Waals surface area contributed by atoms with Gasteiger partial charge in [0.25, 0.3) is 0 Å². The molecule has 10 fully saturated rings. The molecule has 22 nitrogen and oxygen atoms in total. The Morgan fingerprint density at radius 2 is 1.17 bits per heavy atom. The van der Waals surface area contributed by atoms with Gasteiger partial charge in [-0.05, 0) is 111 Å². The van der Waals surface area contributed by atoms with Gasteiger partial charge in [0.1, 0.15) is 97.3 Å². The minimum absolute atomic E-state index is 0.104. The van der Waals surface area contributed by atoms with Crippen LogP contribution in [-0.4, -0.2) is 229 Å². The van der Waals surface area contributed by atoms with Crippen molar-refractivity contribution in [3.05, 3.63) is 0 Å². The first-order valence-electron chi connectivity index (χ1n) is 26.8. The Morgan fingerprint density at radius 1 is 0.542 bits per heavy atom. The Balaban J connectivity index is 0.812. The third kappa shape index (κ3) is 9.26. The summed E-state index contributed by atoms with van der Waals surface area (Å²) in [7, 11) is 0. The molecular weight excluding hydrogens is 951 g/mol. The molecular formula is C50H83NO21. The molecule has 0 aromatic heterocycles. The van der Waals surface area contributed by atoms with Gasteiger partial charge in [-0.25, -0.2) is 0 Å². The van der Waals surface area contributed by atoms with Crippen LogP contribution >= 0.6 is 0 Å². The highest BCUT2D eigenvalue weighted by Gasteiger charge is 2.69. The van der Waals surface area contributed by atoms with Gasteiger partial charge in [-0.3, -0.25) is 5.32 Å². The van der Waals surface area contributed by atoms with Crippen LogP contribution < -0.4 is 5.32 Å². The molecule has 31 atom stereocenters. The molecule has 414 valence electrons. The summed E-state index contributed by atoms with van der Waals surface area (Å²) in [6, 6.07) is 0. The van der Waals surface area contributed by atoms with E-state index in [0.29, 0.717) is 47.8 Å². The zero-order chi connectivity index (χ0) is 51.3. The van der Waals surface area contributed by atoms with E-state index < -0.39 is 143 Å². The predicted molar refractivity (Wildman–Crippen MR) is 244 cm³/mol. The van der Waals surface area contributed by atoms with E-state index in [9.17, 15) is 61.3 Å². The van der Waals surface area contributed by atoms with E-state index in [2.05, 4.69) is 33.0 Å². The lowest BCUT2D eigenvalue weighted by Gasteiger charge is -2.61. The minimum Gasteiger partial charge on any atom is -0.394 e. The molecule has 22 heteroatoms. The van der Waals surface area contributed by atoms with Crippen molar-refractivity contribution in [3.8, 4) is 0 Å². The maximum Gasteiger partial charge on any atom is 0.187 e. The quantitative estimate of drug-likeness (QED) is 0.0937.